The Morgan fingerprint density at radius 2 is 1.70 bits per heavy atom. The number of nitrogens with one attached hydrogen (secondary N) is 1. The highest BCUT2D eigenvalue weighted by molar-refractivity contribution is 6.35. The van der Waals surface area contributed by atoms with E-state index < -0.39 is 31.0 Å². The van der Waals surface area contributed by atoms with Gasteiger partial charge in [-0.2, -0.15) is 0 Å². The topological polar surface area (TPSA) is 90.9 Å². The molecule has 0 fully saturated rings. The molecule has 0 saturated heterocycles. The van der Waals surface area contributed by atoms with Crippen LogP contribution in [0, 0.1) is 0 Å². The predicted octanol–water partition coefficient (Wildman–Crippen LogP) is 2.88. The van der Waals surface area contributed by atoms with Crippen molar-refractivity contribution >= 4 is 41.0 Å². The van der Waals surface area contributed by atoms with E-state index in [0.717, 1.165) is 0 Å². The number of methoxy groups -OCH3 is 1. The van der Waals surface area contributed by atoms with Gasteiger partial charge in [0.2, 0.25) is 0 Å². The molecule has 0 unspecified atom stereocenters. The summed E-state index contributed by atoms with van der Waals surface area (Å²) in [5.74, 6) is -1.37. The second-order valence-electron chi connectivity index (χ2n) is 5.13. The Hall–Kier alpha value is -2.77. The van der Waals surface area contributed by atoms with E-state index in [1.54, 1.807) is 18.2 Å². The zero-order valence-electron chi connectivity index (χ0n) is 14.2. The van der Waals surface area contributed by atoms with Crippen LogP contribution in [0.1, 0.15) is 10.4 Å². The van der Waals surface area contributed by atoms with Gasteiger partial charge in [-0.05, 0) is 42.5 Å². The molecule has 0 aromatic heterocycles. The predicted molar refractivity (Wildman–Crippen MR) is 98.4 cm³/mol. The smallest absolute Gasteiger partial charge is 0.344 e. The van der Waals surface area contributed by atoms with Crippen LogP contribution >= 0.6 is 23.2 Å². The monoisotopic (exact) mass is 411 g/mol. The first kappa shape index (κ1) is 20.5. The minimum absolute atomic E-state index is 0.234. The second kappa shape index (κ2) is 9.80. The normalized spacial score (nSPS) is 10.0. The summed E-state index contributed by atoms with van der Waals surface area (Å²) in [7, 11) is 1.50. The quantitative estimate of drug-likeness (QED) is 0.704. The van der Waals surface area contributed by atoms with Gasteiger partial charge < -0.3 is 14.2 Å². The molecule has 0 aliphatic rings. The molecule has 2 aromatic rings. The largest absolute Gasteiger partial charge is 0.497 e. The number of carbonyl (C=O) groups is 3. The van der Waals surface area contributed by atoms with E-state index >= 15 is 0 Å². The van der Waals surface area contributed by atoms with Crippen LogP contribution in [0.2, 0.25) is 10.0 Å². The van der Waals surface area contributed by atoms with E-state index in [1.807, 2.05) is 0 Å². The van der Waals surface area contributed by atoms with Crippen molar-refractivity contribution in [3.63, 3.8) is 0 Å². The van der Waals surface area contributed by atoms with Crippen molar-refractivity contribution in [1.82, 2.24) is 5.32 Å². The Morgan fingerprint density at radius 3 is 2.33 bits per heavy atom. The van der Waals surface area contributed by atoms with Crippen molar-refractivity contribution < 1.29 is 28.6 Å². The van der Waals surface area contributed by atoms with Gasteiger partial charge in [0, 0.05) is 10.6 Å². The van der Waals surface area contributed by atoms with Crippen molar-refractivity contribution in [3.8, 4) is 11.5 Å². The highest BCUT2D eigenvalue weighted by Crippen LogP contribution is 2.27. The number of halogens is 2. The molecule has 27 heavy (non-hydrogen) atoms. The fourth-order valence-corrected chi connectivity index (χ4v) is 2.36. The lowest BCUT2D eigenvalue weighted by molar-refractivity contribution is -0.150. The van der Waals surface area contributed by atoms with Crippen LogP contribution in [0.5, 0.6) is 11.5 Å². The number of carbonyl (C=O) groups excluding carboxylic acids is 3. The number of hydrogen-bond donors (Lipinski definition) is 1. The molecule has 9 heteroatoms. The third-order valence-electron chi connectivity index (χ3n) is 3.21. The summed E-state index contributed by atoms with van der Waals surface area (Å²) < 4.78 is 14.9. The minimum Gasteiger partial charge on any atom is -0.497 e. The van der Waals surface area contributed by atoms with Crippen molar-refractivity contribution in [2.45, 2.75) is 0 Å². The fourth-order valence-electron chi connectivity index (χ4n) is 1.89. The van der Waals surface area contributed by atoms with Crippen LogP contribution in [0.4, 0.5) is 0 Å². The van der Waals surface area contributed by atoms with E-state index in [0.29, 0.717) is 10.8 Å². The van der Waals surface area contributed by atoms with Gasteiger partial charge in [0.15, 0.2) is 13.2 Å². The van der Waals surface area contributed by atoms with Gasteiger partial charge in [-0.1, -0.05) is 23.2 Å². The average Bonchev–Trinajstić information content (AvgIpc) is 2.65. The number of amides is 2. The third-order valence-corrected chi connectivity index (χ3v) is 3.74. The van der Waals surface area contributed by atoms with Gasteiger partial charge >= 0.3 is 5.97 Å². The maximum absolute atomic E-state index is 11.9. The molecule has 1 N–H and O–H groups in total. The standard InChI is InChI=1S/C18H15Cl2NO6/c1-25-13-5-2-11(3-6-13)18(24)21-16(22)9-27-17(23)10-26-15-7-4-12(19)8-14(15)20/h2-8H,9-10H2,1H3,(H,21,22,24). The zero-order chi connectivity index (χ0) is 19.8. The lowest BCUT2D eigenvalue weighted by Gasteiger charge is -2.09. The molecular weight excluding hydrogens is 397 g/mol. The van der Waals surface area contributed by atoms with Crippen LogP contribution < -0.4 is 14.8 Å². The van der Waals surface area contributed by atoms with Crippen LogP contribution in [0.3, 0.4) is 0 Å². The maximum Gasteiger partial charge on any atom is 0.344 e. The molecule has 0 heterocycles. The number of hydrogen-bond acceptors (Lipinski definition) is 6. The number of benzene rings is 2. The highest BCUT2D eigenvalue weighted by atomic mass is 35.5. The van der Waals surface area contributed by atoms with E-state index in [1.165, 1.54) is 31.4 Å². The lowest BCUT2D eigenvalue weighted by Crippen LogP contribution is -2.34. The molecule has 0 atom stereocenters. The number of rotatable bonds is 7. The average molecular weight is 412 g/mol. The maximum atomic E-state index is 11.9. The van der Waals surface area contributed by atoms with Crippen molar-refractivity contribution in [2.24, 2.45) is 0 Å². The molecule has 142 valence electrons. The van der Waals surface area contributed by atoms with Crippen LogP contribution in [0.15, 0.2) is 42.5 Å². The number of ether oxygens (including phenoxy) is 3. The summed E-state index contributed by atoms with van der Waals surface area (Å²) in [6.45, 7) is -1.08. The first-order chi connectivity index (χ1) is 12.9. The molecule has 0 saturated carbocycles. The van der Waals surface area contributed by atoms with Gasteiger partial charge in [-0.15, -0.1) is 0 Å². The van der Waals surface area contributed by atoms with E-state index in [2.05, 4.69) is 5.32 Å². The van der Waals surface area contributed by atoms with Crippen LogP contribution in [-0.4, -0.2) is 38.1 Å². The molecule has 2 aromatic carbocycles. The summed E-state index contributed by atoms with van der Waals surface area (Å²) in [4.78, 5) is 35.3. The van der Waals surface area contributed by atoms with Crippen molar-refractivity contribution in [1.29, 1.82) is 0 Å². The highest BCUT2D eigenvalue weighted by Gasteiger charge is 2.13. The molecule has 2 rings (SSSR count). The van der Waals surface area contributed by atoms with Gasteiger partial charge in [-0.25, -0.2) is 4.79 Å². The zero-order valence-corrected chi connectivity index (χ0v) is 15.7. The van der Waals surface area contributed by atoms with Gasteiger partial charge in [0.25, 0.3) is 11.8 Å². The molecular formula is C18H15Cl2NO6. The second-order valence-corrected chi connectivity index (χ2v) is 5.97. The number of imide groups is 1. The Balaban J connectivity index is 1.75. The summed E-state index contributed by atoms with van der Waals surface area (Å²) in [5.41, 5.74) is 0.260. The molecule has 0 spiro atoms. The Bertz CT molecular complexity index is 838. The van der Waals surface area contributed by atoms with Gasteiger partial charge in [0.1, 0.15) is 11.5 Å². The fraction of sp³-hybridized carbons (Fsp3) is 0.167. The van der Waals surface area contributed by atoms with Crippen LogP contribution in [0.25, 0.3) is 0 Å². The molecule has 0 aliphatic heterocycles. The summed E-state index contributed by atoms with van der Waals surface area (Å²) in [6.07, 6.45) is 0. The van der Waals surface area contributed by atoms with E-state index in [9.17, 15) is 14.4 Å². The summed E-state index contributed by atoms with van der Waals surface area (Å²) in [5, 5.41) is 2.76. The Kier molecular flexibility index (Phi) is 7.45. The first-order valence-corrected chi connectivity index (χ1v) is 8.36. The third kappa shape index (κ3) is 6.47. The van der Waals surface area contributed by atoms with E-state index in [-0.39, 0.29) is 16.3 Å². The van der Waals surface area contributed by atoms with Crippen molar-refractivity contribution in [2.75, 3.05) is 20.3 Å². The SMILES string of the molecule is COc1ccc(C(=O)NC(=O)COC(=O)COc2ccc(Cl)cc2Cl)cc1. The molecule has 0 aliphatic carbocycles. The molecule has 7 nitrogen and oxygen atoms in total. The Morgan fingerprint density at radius 1 is 1.00 bits per heavy atom. The molecule has 0 bridgehead atoms. The van der Waals surface area contributed by atoms with E-state index in [4.69, 9.17) is 37.4 Å². The first-order valence-electron chi connectivity index (χ1n) is 7.60. The van der Waals surface area contributed by atoms with Crippen LogP contribution in [-0.2, 0) is 14.3 Å². The molecule has 0 radical (unpaired) electrons. The number of esters is 1. The van der Waals surface area contributed by atoms with Gasteiger partial charge in [0.05, 0.1) is 12.1 Å². The van der Waals surface area contributed by atoms with Gasteiger partial charge in [-0.3, -0.25) is 14.9 Å². The summed E-state index contributed by atoms with van der Waals surface area (Å²) in [6, 6.07) is 10.7. The summed E-state index contributed by atoms with van der Waals surface area (Å²) >= 11 is 11.7. The lowest BCUT2D eigenvalue weighted by atomic mass is 10.2. The Labute approximate surface area is 165 Å². The minimum atomic E-state index is -0.798. The van der Waals surface area contributed by atoms with Crippen molar-refractivity contribution in [3.05, 3.63) is 58.1 Å². The molecule has 2 amide bonds.